The lowest BCUT2D eigenvalue weighted by molar-refractivity contribution is 0.600. The quantitative estimate of drug-likeness (QED) is 0.923. The zero-order chi connectivity index (χ0) is 14.2. The molecule has 2 rings (SSSR count). The summed E-state index contributed by atoms with van der Waals surface area (Å²) in [6.45, 7) is 3.50. The highest BCUT2D eigenvalue weighted by atomic mass is 35.5. The number of halogens is 1. The zero-order valence-electron chi connectivity index (χ0n) is 10.5. The number of nitrogens with zero attached hydrogens (tertiary/aromatic N) is 4. The summed E-state index contributed by atoms with van der Waals surface area (Å²) < 4.78 is 28.2. The van der Waals surface area contributed by atoms with Crippen LogP contribution in [-0.4, -0.2) is 28.4 Å². The lowest BCUT2D eigenvalue weighted by Gasteiger charge is -2.03. The molecule has 0 atom stereocenters. The van der Waals surface area contributed by atoms with E-state index < -0.39 is 10.0 Å². The van der Waals surface area contributed by atoms with Crippen LogP contribution in [0.4, 0.5) is 5.13 Å². The molecule has 0 spiro atoms. The predicted molar refractivity (Wildman–Crippen MR) is 73.1 cm³/mol. The normalized spacial score (nSPS) is 11.8. The van der Waals surface area contributed by atoms with Gasteiger partial charge in [-0.15, -0.1) is 10.2 Å². The molecule has 0 fully saturated rings. The van der Waals surface area contributed by atoms with Crippen molar-refractivity contribution in [3.05, 3.63) is 15.9 Å². The van der Waals surface area contributed by atoms with Gasteiger partial charge in [0.2, 0.25) is 5.13 Å². The second-order valence-electron chi connectivity index (χ2n) is 3.79. The second-order valence-corrected chi connectivity index (χ2v) is 6.83. The van der Waals surface area contributed by atoms with E-state index in [1.165, 1.54) is 16.0 Å². The van der Waals surface area contributed by atoms with Crippen molar-refractivity contribution in [2.24, 2.45) is 7.05 Å². The number of hydrogen-bond acceptors (Lipinski definition) is 6. The number of anilines is 1. The molecule has 0 aliphatic carbocycles. The van der Waals surface area contributed by atoms with Crippen molar-refractivity contribution in [3.8, 4) is 0 Å². The molecule has 104 valence electrons. The van der Waals surface area contributed by atoms with Gasteiger partial charge in [0, 0.05) is 7.05 Å². The molecule has 0 aliphatic rings. The molecule has 1 N–H and O–H groups in total. The molecule has 0 saturated heterocycles. The first-order valence-electron chi connectivity index (χ1n) is 5.39. The van der Waals surface area contributed by atoms with Gasteiger partial charge in [-0.05, 0) is 13.3 Å². The average molecular weight is 322 g/mol. The number of rotatable bonds is 4. The fourth-order valence-corrected chi connectivity index (χ4v) is 4.18. The van der Waals surface area contributed by atoms with E-state index in [0.29, 0.717) is 12.1 Å². The van der Waals surface area contributed by atoms with Gasteiger partial charge in [-0.3, -0.25) is 9.40 Å². The highest BCUT2D eigenvalue weighted by molar-refractivity contribution is 7.93. The first-order valence-corrected chi connectivity index (χ1v) is 8.07. The fraction of sp³-hybridized carbons (Fsp3) is 0.444. The maximum absolute atomic E-state index is 12.2. The molecule has 10 heteroatoms. The number of nitrogens with one attached hydrogen (secondary N) is 1. The number of aromatic nitrogens is 4. The Balaban J connectivity index is 2.37. The van der Waals surface area contributed by atoms with Crippen LogP contribution in [0.25, 0.3) is 0 Å². The largest absolute Gasteiger partial charge is 0.268 e. The summed E-state index contributed by atoms with van der Waals surface area (Å²) in [5, 5.41) is 12.6. The Kier molecular flexibility index (Phi) is 3.79. The summed E-state index contributed by atoms with van der Waals surface area (Å²) in [6, 6.07) is 0. The lowest BCUT2D eigenvalue weighted by Crippen LogP contribution is -2.14. The Morgan fingerprint density at radius 1 is 1.42 bits per heavy atom. The van der Waals surface area contributed by atoms with Gasteiger partial charge < -0.3 is 0 Å². The van der Waals surface area contributed by atoms with Crippen LogP contribution in [0.3, 0.4) is 0 Å². The third-order valence-electron chi connectivity index (χ3n) is 2.36. The van der Waals surface area contributed by atoms with Crippen LogP contribution in [0.15, 0.2) is 4.90 Å². The van der Waals surface area contributed by atoms with Crippen molar-refractivity contribution in [3.63, 3.8) is 0 Å². The Morgan fingerprint density at radius 2 is 2.11 bits per heavy atom. The molecule has 0 saturated carbocycles. The molecule has 0 radical (unpaired) electrons. The number of sulfonamides is 1. The minimum Gasteiger partial charge on any atom is -0.255 e. The van der Waals surface area contributed by atoms with Gasteiger partial charge in [0.15, 0.2) is 0 Å². The Labute approximate surface area is 119 Å². The van der Waals surface area contributed by atoms with Crippen molar-refractivity contribution in [1.82, 2.24) is 20.0 Å². The monoisotopic (exact) mass is 321 g/mol. The molecule has 2 heterocycles. The van der Waals surface area contributed by atoms with E-state index in [1.54, 1.807) is 14.0 Å². The first kappa shape index (κ1) is 14.2. The predicted octanol–water partition coefficient (Wildman–Crippen LogP) is 1.60. The van der Waals surface area contributed by atoms with Crippen molar-refractivity contribution in [2.45, 2.75) is 25.2 Å². The minimum absolute atomic E-state index is 0.0371. The standard InChI is InChI=1S/C9H12ClN5O2S2/c1-4-6-11-12-9(18-6)14-19(16,17)7-5(2)13-15(3)8(7)10/h4H2,1-3H3,(H,12,14). The summed E-state index contributed by atoms with van der Waals surface area (Å²) in [5.74, 6) is 0. The van der Waals surface area contributed by atoms with Gasteiger partial charge in [0.05, 0.1) is 5.69 Å². The Bertz CT molecular complexity index is 706. The maximum atomic E-state index is 12.2. The van der Waals surface area contributed by atoms with Gasteiger partial charge in [-0.1, -0.05) is 29.9 Å². The van der Waals surface area contributed by atoms with Gasteiger partial charge in [0.25, 0.3) is 10.0 Å². The lowest BCUT2D eigenvalue weighted by atomic mass is 10.5. The molecule has 0 aromatic carbocycles. The van der Waals surface area contributed by atoms with Crippen LogP contribution >= 0.6 is 22.9 Å². The summed E-state index contributed by atoms with van der Waals surface area (Å²) >= 11 is 7.14. The average Bonchev–Trinajstić information content (AvgIpc) is 2.84. The molecule has 0 bridgehead atoms. The van der Waals surface area contributed by atoms with E-state index in [2.05, 4.69) is 20.0 Å². The second kappa shape index (κ2) is 5.06. The Morgan fingerprint density at radius 3 is 2.58 bits per heavy atom. The number of hydrogen-bond donors (Lipinski definition) is 1. The third-order valence-corrected chi connectivity index (χ3v) is 5.51. The summed E-state index contributed by atoms with van der Waals surface area (Å²) in [6.07, 6.45) is 0.700. The van der Waals surface area contributed by atoms with E-state index >= 15 is 0 Å². The Hall–Kier alpha value is -1.19. The van der Waals surface area contributed by atoms with Gasteiger partial charge in [-0.25, -0.2) is 8.42 Å². The van der Waals surface area contributed by atoms with Crippen LogP contribution in [0.5, 0.6) is 0 Å². The van der Waals surface area contributed by atoms with Crippen molar-refractivity contribution >= 4 is 38.1 Å². The summed E-state index contributed by atoms with van der Waals surface area (Å²) in [4.78, 5) is -0.0371. The van der Waals surface area contributed by atoms with Crippen LogP contribution in [0.2, 0.25) is 5.15 Å². The molecular weight excluding hydrogens is 310 g/mol. The summed E-state index contributed by atoms with van der Waals surface area (Å²) in [7, 11) is -2.23. The SMILES string of the molecule is CCc1nnc(NS(=O)(=O)c2c(C)nn(C)c2Cl)s1. The van der Waals surface area contributed by atoms with E-state index in [4.69, 9.17) is 11.6 Å². The highest BCUT2D eigenvalue weighted by Crippen LogP contribution is 2.27. The van der Waals surface area contributed by atoms with E-state index in [-0.39, 0.29) is 15.2 Å². The van der Waals surface area contributed by atoms with Crippen LogP contribution in [0, 0.1) is 6.92 Å². The van der Waals surface area contributed by atoms with E-state index in [1.807, 2.05) is 6.92 Å². The molecule has 0 unspecified atom stereocenters. The number of aryl methyl sites for hydroxylation is 3. The molecule has 2 aromatic heterocycles. The molecule has 7 nitrogen and oxygen atoms in total. The highest BCUT2D eigenvalue weighted by Gasteiger charge is 2.26. The first-order chi connectivity index (χ1) is 8.85. The minimum atomic E-state index is -3.81. The smallest absolute Gasteiger partial charge is 0.255 e. The fourth-order valence-electron chi connectivity index (χ4n) is 1.52. The zero-order valence-corrected chi connectivity index (χ0v) is 12.9. The van der Waals surface area contributed by atoms with Crippen LogP contribution in [0.1, 0.15) is 17.6 Å². The maximum Gasteiger partial charge on any atom is 0.268 e. The summed E-state index contributed by atoms with van der Waals surface area (Å²) in [5.41, 5.74) is 0.334. The van der Waals surface area contributed by atoms with Crippen LogP contribution < -0.4 is 4.72 Å². The van der Waals surface area contributed by atoms with Crippen molar-refractivity contribution in [1.29, 1.82) is 0 Å². The van der Waals surface area contributed by atoms with E-state index in [9.17, 15) is 8.42 Å². The molecule has 0 amide bonds. The van der Waals surface area contributed by atoms with Crippen LogP contribution in [-0.2, 0) is 23.5 Å². The molecule has 19 heavy (non-hydrogen) atoms. The van der Waals surface area contributed by atoms with Crippen molar-refractivity contribution < 1.29 is 8.42 Å². The molecular formula is C9H12ClN5O2S2. The topological polar surface area (TPSA) is 89.8 Å². The van der Waals surface area contributed by atoms with E-state index in [0.717, 1.165) is 5.01 Å². The van der Waals surface area contributed by atoms with Gasteiger partial charge in [-0.2, -0.15) is 5.10 Å². The van der Waals surface area contributed by atoms with Gasteiger partial charge in [0.1, 0.15) is 15.1 Å². The molecule has 0 aliphatic heterocycles. The third kappa shape index (κ3) is 2.72. The van der Waals surface area contributed by atoms with Gasteiger partial charge >= 0.3 is 0 Å². The van der Waals surface area contributed by atoms with Crippen molar-refractivity contribution in [2.75, 3.05) is 4.72 Å². The molecule has 2 aromatic rings.